The van der Waals surface area contributed by atoms with Gasteiger partial charge in [0.05, 0.1) is 6.04 Å². The molecule has 0 aliphatic carbocycles. The predicted octanol–water partition coefficient (Wildman–Crippen LogP) is 1.31. The Balaban J connectivity index is 2.26. The Morgan fingerprint density at radius 2 is 2.06 bits per heavy atom. The summed E-state index contributed by atoms with van der Waals surface area (Å²) in [6, 6.07) is -0.110. The number of hydrogen-bond acceptors (Lipinski definition) is 3. The van der Waals surface area contributed by atoms with Gasteiger partial charge in [-0.1, -0.05) is 13.8 Å². The second-order valence-corrected chi connectivity index (χ2v) is 5.32. The molecule has 17 heavy (non-hydrogen) atoms. The topological polar surface area (TPSA) is 50.4 Å². The van der Waals surface area contributed by atoms with E-state index in [0.29, 0.717) is 0 Å². The third-order valence-corrected chi connectivity index (χ3v) is 3.48. The van der Waals surface area contributed by atoms with Crippen LogP contribution in [0.3, 0.4) is 0 Å². The van der Waals surface area contributed by atoms with Crippen molar-refractivity contribution in [2.45, 2.75) is 46.1 Å². The summed E-state index contributed by atoms with van der Waals surface area (Å²) < 4.78 is 5.37. The standard InChI is InChI=1S/C13H26N2O2/c1-4-7-14-12(16)11(2)15-10-13(3)5-8-17-9-6-13/h11,15H,4-10H2,1-3H3,(H,14,16). The second-order valence-electron chi connectivity index (χ2n) is 5.32. The molecule has 0 aromatic carbocycles. The van der Waals surface area contributed by atoms with Crippen LogP contribution in [0.5, 0.6) is 0 Å². The lowest BCUT2D eigenvalue weighted by Gasteiger charge is -2.34. The molecule has 1 amide bonds. The highest BCUT2D eigenvalue weighted by molar-refractivity contribution is 5.81. The maximum Gasteiger partial charge on any atom is 0.236 e. The summed E-state index contributed by atoms with van der Waals surface area (Å²) in [5, 5.41) is 6.24. The maximum absolute atomic E-state index is 11.7. The van der Waals surface area contributed by atoms with Crippen molar-refractivity contribution in [2.75, 3.05) is 26.3 Å². The fourth-order valence-electron chi connectivity index (χ4n) is 1.93. The van der Waals surface area contributed by atoms with E-state index in [4.69, 9.17) is 4.74 Å². The molecule has 1 rings (SSSR count). The third-order valence-electron chi connectivity index (χ3n) is 3.48. The summed E-state index contributed by atoms with van der Waals surface area (Å²) in [5.74, 6) is 0.0995. The van der Waals surface area contributed by atoms with Gasteiger partial charge in [-0.15, -0.1) is 0 Å². The number of amides is 1. The molecule has 1 atom stereocenters. The Labute approximate surface area is 104 Å². The number of carbonyl (C=O) groups is 1. The minimum Gasteiger partial charge on any atom is -0.381 e. The molecule has 1 fully saturated rings. The van der Waals surface area contributed by atoms with E-state index in [-0.39, 0.29) is 17.4 Å². The lowest BCUT2D eigenvalue weighted by Crippen LogP contribution is -2.47. The van der Waals surface area contributed by atoms with E-state index >= 15 is 0 Å². The SMILES string of the molecule is CCCNC(=O)C(C)NCC1(C)CCOCC1. The Morgan fingerprint density at radius 1 is 1.41 bits per heavy atom. The van der Waals surface area contributed by atoms with Crippen LogP contribution in [0.15, 0.2) is 0 Å². The van der Waals surface area contributed by atoms with E-state index in [1.165, 1.54) is 0 Å². The summed E-state index contributed by atoms with van der Waals surface area (Å²) in [7, 11) is 0. The summed E-state index contributed by atoms with van der Waals surface area (Å²) in [4.78, 5) is 11.7. The molecule has 4 heteroatoms. The van der Waals surface area contributed by atoms with Crippen LogP contribution in [-0.4, -0.2) is 38.3 Å². The molecular weight excluding hydrogens is 216 g/mol. The molecule has 0 spiro atoms. The van der Waals surface area contributed by atoms with Crippen LogP contribution in [0.2, 0.25) is 0 Å². The molecule has 1 saturated heterocycles. The molecule has 0 bridgehead atoms. The fourth-order valence-corrected chi connectivity index (χ4v) is 1.93. The minimum absolute atomic E-state index is 0.0995. The minimum atomic E-state index is -0.110. The van der Waals surface area contributed by atoms with Crippen LogP contribution >= 0.6 is 0 Å². The van der Waals surface area contributed by atoms with Crippen molar-refractivity contribution in [2.24, 2.45) is 5.41 Å². The Hall–Kier alpha value is -0.610. The smallest absolute Gasteiger partial charge is 0.236 e. The first-order chi connectivity index (χ1) is 8.07. The van der Waals surface area contributed by atoms with Gasteiger partial charge in [0.25, 0.3) is 0 Å². The zero-order valence-electron chi connectivity index (χ0n) is 11.3. The van der Waals surface area contributed by atoms with Crippen molar-refractivity contribution in [3.63, 3.8) is 0 Å². The highest BCUT2D eigenvalue weighted by Crippen LogP contribution is 2.28. The lowest BCUT2D eigenvalue weighted by atomic mass is 9.82. The molecule has 0 aromatic rings. The van der Waals surface area contributed by atoms with Crippen molar-refractivity contribution in [3.8, 4) is 0 Å². The highest BCUT2D eigenvalue weighted by Gasteiger charge is 2.28. The van der Waals surface area contributed by atoms with E-state index in [2.05, 4.69) is 24.5 Å². The van der Waals surface area contributed by atoms with E-state index in [1.807, 2.05) is 6.92 Å². The van der Waals surface area contributed by atoms with Crippen molar-refractivity contribution in [1.82, 2.24) is 10.6 Å². The summed E-state index contributed by atoms with van der Waals surface area (Å²) >= 11 is 0. The van der Waals surface area contributed by atoms with Crippen molar-refractivity contribution < 1.29 is 9.53 Å². The fraction of sp³-hybridized carbons (Fsp3) is 0.923. The van der Waals surface area contributed by atoms with Crippen LogP contribution in [-0.2, 0) is 9.53 Å². The largest absolute Gasteiger partial charge is 0.381 e. The van der Waals surface area contributed by atoms with E-state index in [9.17, 15) is 4.79 Å². The van der Waals surface area contributed by atoms with Gasteiger partial charge in [-0.05, 0) is 31.6 Å². The van der Waals surface area contributed by atoms with Gasteiger partial charge in [0.15, 0.2) is 0 Å². The predicted molar refractivity (Wildman–Crippen MR) is 68.9 cm³/mol. The van der Waals surface area contributed by atoms with E-state index < -0.39 is 0 Å². The lowest BCUT2D eigenvalue weighted by molar-refractivity contribution is -0.122. The molecule has 2 N–H and O–H groups in total. The average Bonchev–Trinajstić information content (AvgIpc) is 2.34. The molecule has 0 radical (unpaired) electrons. The van der Waals surface area contributed by atoms with Gasteiger partial charge in [0.1, 0.15) is 0 Å². The number of carbonyl (C=O) groups excluding carboxylic acids is 1. The van der Waals surface area contributed by atoms with Gasteiger partial charge < -0.3 is 15.4 Å². The van der Waals surface area contributed by atoms with Crippen LogP contribution in [0, 0.1) is 5.41 Å². The first-order valence-corrected chi connectivity index (χ1v) is 6.66. The highest BCUT2D eigenvalue weighted by atomic mass is 16.5. The Morgan fingerprint density at radius 3 is 2.65 bits per heavy atom. The molecule has 4 nitrogen and oxygen atoms in total. The van der Waals surface area contributed by atoms with Crippen LogP contribution in [0.1, 0.15) is 40.0 Å². The zero-order valence-corrected chi connectivity index (χ0v) is 11.3. The van der Waals surface area contributed by atoms with Gasteiger partial charge in [-0.3, -0.25) is 4.79 Å². The van der Waals surface area contributed by atoms with E-state index in [0.717, 1.165) is 45.6 Å². The first kappa shape index (κ1) is 14.5. The van der Waals surface area contributed by atoms with Crippen molar-refractivity contribution in [1.29, 1.82) is 0 Å². The summed E-state index contributed by atoms with van der Waals surface area (Å²) in [6.45, 7) is 9.57. The van der Waals surface area contributed by atoms with Crippen LogP contribution < -0.4 is 10.6 Å². The first-order valence-electron chi connectivity index (χ1n) is 6.66. The van der Waals surface area contributed by atoms with Gasteiger partial charge in [0, 0.05) is 26.3 Å². The van der Waals surface area contributed by atoms with Crippen molar-refractivity contribution >= 4 is 5.91 Å². The number of ether oxygens (including phenoxy) is 1. The number of rotatable bonds is 6. The molecule has 1 unspecified atom stereocenters. The summed E-state index contributed by atoms with van der Waals surface area (Å²) in [5.41, 5.74) is 0.275. The second kappa shape index (κ2) is 6.97. The third kappa shape index (κ3) is 5.04. The van der Waals surface area contributed by atoms with Gasteiger partial charge in [-0.25, -0.2) is 0 Å². The number of nitrogens with one attached hydrogen (secondary N) is 2. The Bertz CT molecular complexity index is 238. The van der Waals surface area contributed by atoms with E-state index in [1.54, 1.807) is 0 Å². The molecule has 1 aliphatic heterocycles. The Kier molecular flexibility index (Phi) is 5.92. The van der Waals surface area contributed by atoms with Crippen LogP contribution in [0.4, 0.5) is 0 Å². The monoisotopic (exact) mass is 242 g/mol. The maximum atomic E-state index is 11.7. The average molecular weight is 242 g/mol. The number of hydrogen-bond donors (Lipinski definition) is 2. The molecule has 0 aromatic heterocycles. The zero-order chi connectivity index (χ0) is 12.7. The summed E-state index contributed by atoms with van der Waals surface area (Å²) in [6.07, 6.45) is 3.13. The van der Waals surface area contributed by atoms with Gasteiger partial charge in [-0.2, -0.15) is 0 Å². The molecular formula is C13H26N2O2. The molecule has 0 saturated carbocycles. The van der Waals surface area contributed by atoms with Gasteiger partial charge in [0.2, 0.25) is 5.91 Å². The normalized spacial score (nSPS) is 20.9. The quantitative estimate of drug-likeness (QED) is 0.738. The molecule has 1 heterocycles. The van der Waals surface area contributed by atoms with Crippen LogP contribution in [0.25, 0.3) is 0 Å². The molecule has 1 aliphatic rings. The van der Waals surface area contributed by atoms with Crippen molar-refractivity contribution in [3.05, 3.63) is 0 Å². The van der Waals surface area contributed by atoms with Gasteiger partial charge >= 0.3 is 0 Å². The molecule has 100 valence electrons.